The fourth-order valence-corrected chi connectivity index (χ4v) is 5.13. The molecular weight excluding hydrogens is 425 g/mol. The average Bonchev–Trinajstić information content (AvgIpc) is 2.58. The third-order valence-corrected chi connectivity index (χ3v) is 10.6. The lowest BCUT2D eigenvalue weighted by Crippen LogP contribution is -2.59. The number of ketones is 1. The van der Waals surface area contributed by atoms with Crippen molar-refractivity contribution in [1.29, 1.82) is 5.41 Å². The number of rotatable bonds is 8. The molecule has 2 rings (SSSR count). The maximum absolute atomic E-state index is 13.8. The molecule has 0 atom stereocenters. The minimum absolute atomic E-state index is 0.00762. The van der Waals surface area contributed by atoms with Crippen LogP contribution in [0.25, 0.3) is 0 Å². The number of nitrogens with one attached hydrogen (secondary N) is 2. The van der Waals surface area contributed by atoms with Crippen molar-refractivity contribution in [3.8, 4) is 0 Å². The number of aromatic nitrogens is 2. The van der Waals surface area contributed by atoms with E-state index in [0.717, 1.165) is 0 Å². The van der Waals surface area contributed by atoms with E-state index >= 15 is 0 Å². The highest BCUT2D eigenvalue weighted by atomic mass is 28.4. The lowest BCUT2D eigenvalue weighted by Gasteiger charge is -2.52. The molecule has 0 saturated heterocycles. The molecule has 31 heavy (non-hydrogen) atoms. The van der Waals surface area contributed by atoms with E-state index in [1.807, 2.05) is 6.92 Å². The van der Waals surface area contributed by atoms with Crippen LogP contribution in [0.15, 0.2) is 29.9 Å². The van der Waals surface area contributed by atoms with Crippen molar-refractivity contribution < 1.29 is 22.4 Å². The van der Waals surface area contributed by atoms with E-state index in [1.165, 1.54) is 18.6 Å². The summed E-state index contributed by atoms with van der Waals surface area (Å²) in [5.74, 6) is -0.826. The molecule has 1 aromatic rings. The van der Waals surface area contributed by atoms with Crippen molar-refractivity contribution in [2.75, 3.05) is 0 Å². The van der Waals surface area contributed by atoms with Gasteiger partial charge in [-0.3, -0.25) is 4.79 Å². The molecule has 10 heteroatoms. The SMILES string of the molecule is CC(C)(C)[Si](C)(C)O[C@]1(C)C[C@@H](N/C(=C(\C=N)C(=O)Cc2ccncn2)C(F)(F)F)C1. The summed E-state index contributed by atoms with van der Waals surface area (Å²) in [6.07, 6.45) is -1.26. The highest BCUT2D eigenvalue weighted by Gasteiger charge is 2.50. The van der Waals surface area contributed by atoms with Crippen molar-refractivity contribution in [2.45, 2.75) is 82.9 Å². The third-order valence-electron chi connectivity index (χ3n) is 6.00. The van der Waals surface area contributed by atoms with E-state index in [9.17, 15) is 18.0 Å². The van der Waals surface area contributed by atoms with Crippen LogP contribution in [0.5, 0.6) is 0 Å². The van der Waals surface area contributed by atoms with Crippen LogP contribution < -0.4 is 5.32 Å². The topological polar surface area (TPSA) is 88.0 Å². The second kappa shape index (κ2) is 8.82. The van der Waals surface area contributed by atoms with Crippen LogP contribution in [-0.2, 0) is 15.6 Å². The number of carbonyl (C=O) groups is 1. The first-order chi connectivity index (χ1) is 14.1. The van der Waals surface area contributed by atoms with E-state index in [1.54, 1.807) is 0 Å². The Kier molecular flexibility index (Phi) is 7.16. The van der Waals surface area contributed by atoms with Crippen molar-refractivity contribution in [2.24, 2.45) is 0 Å². The van der Waals surface area contributed by atoms with Crippen molar-refractivity contribution in [3.05, 3.63) is 35.6 Å². The Balaban J connectivity index is 2.17. The second-order valence-electron chi connectivity index (χ2n) is 9.79. The zero-order chi connectivity index (χ0) is 23.7. The zero-order valence-electron chi connectivity index (χ0n) is 18.9. The fraction of sp³-hybridized carbons (Fsp3) is 0.619. The second-order valence-corrected chi connectivity index (χ2v) is 14.5. The van der Waals surface area contributed by atoms with Crippen LogP contribution in [0.3, 0.4) is 0 Å². The molecule has 1 aliphatic carbocycles. The molecule has 0 radical (unpaired) electrons. The van der Waals surface area contributed by atoms with Gasteiger partial charge in [0.1, 0.15) is 12.0 Å². The summed E-state index contributed by atoms with van der Waals surface area (Å²) in [6, 6.07) is 0.962. The predicted octanol–water partition coefficient (Wildman–Crippen LogP) is 4.59. The molecule has 0 aromatic carbocycles. The molecule has 0 aliphatic heterocycles. The Morgan fingerprint density at radius 1 is 1.35 bits per heavy atom. The molecule has 6 nitrogen and oxygen atoms in total. The van der Waals surface area contributed by atoms with Gasteiger partial charge in [0, 0.05) is 18.5 Å². The first-order valence-corrected chi connectivity index (χ1v) is 13.1. The summed E-state index contributed by atoms with van der Waals surface area (Å²) in [5, 5.41) is 9.92. The molecule has 1 saturated carbocycles. The number of halogens is 3. The van der Waals surface area contributed by atoms with Gasteiger partial charge in [0.2, 0.25) is 0 Å². The molecule has 0 amide bonds. The summed E-state index contributed by atoms with van der Waals surface area (Å²) in [6.45, 7) is 12.5. The van der Waals surface area contributed by atoms with E-state index in [2.05, 4.69) is 49.1 Å². The van der Waals surface area contributed by atoms with Crippen molar-refractivity contribution in [1.82, 2.24) is 15.3 Å². The summed E-state index contributed by atoms with van der Waals surface area (Å²) < 4.78 is 47.7. The summed E-state index contributed by atoms with van der Waals surface area (Å²) >= 11 is 0. The Morgan fingerprint density at radius 2 is 1.97 bits per heavy atom. The highest BCUT2D eigenvalue weighted by Crippen LogP contribution is 2.45. The molecule has 1 heterocycles. The molecule has 1 fully saturated rings. The number of hydrogen-bond donors (Lipinski definition) is 2. The third kappa shape index (κ3) is 6.22. The molecule has 0 spiro atoms. The molecule has 0 unspecified atom stereocenters. The number of hydrogen-bond acceptors (Lipinski definition) is 6. The van der Waals surface area contributed by atoms with Crippen LogP contribution in [-0.4, -0.2) is 48.1 Å². The number of carbonyl (C=O) groups excluding carboxylic acids is 1. The van der Waals surface area contributed by atoms with Gasteiger partial charge in [-0.15, -0.1) is 0 Å². The first-order valence-electron chi connectivity index (χ1n) is 10.1. The maximum atomic E-state index is 13.8. The van der Waals surface area contributed by atoms with Gasteiger partial charge in [0.25, 0.3) is 0 Å². The van der Waals surface area contributed by atoms with Gasteiger partial charge in [0.15, 0.2) is 14.1 Å². The van der Waals surface area contributed by atoms with Crippen LogP contribution >= 0.6 is 0 Å². The Labute approximate surface area is 182 Å². The Bertz CT molecular complexity index is 842. The molecule has 1 aromatic heterocycles. The van der Waals surface area contributed by atoms with Crippen LogP contribution in [0.2, 0.25) is 18.1 Å². The minimum atomic E-state index is -4.79. The smallest absolute Gasteiger partial charge is 0.411 e. The Hall–Kier alpha value is -2.07. The number of nitrogens with zero attached hydrogens (tertiary/aromatic N) is 2. The highest BCUT2D eigenvalue weighted by molar-refractivity contribution is 6.74. The zero-order valence-corrected chi connectivity index (χ0v) is 19.9. The van der Waals surface area contributed by atoms with E-state index < -0.39 is 43.2 Å². The lowest BCUT2D eigenvalue weighted by atomic mass is 9.77. The standard InChI is InChI=1S/C21H31F3N4O2Si/c1-19(2,3)31(5,6)30-20(4)10-15(11-20)28-18(21(22,23)24)16(12-25)17(29)9-14-7-8-26-13-27-14/h7-8,12-13,15,25,28H,9-11H2,1-6H3/b18-16+,25-12?/t15-,20-. The molecular formula is C21H31F3N4O2Si. The van der Waals surface area contributed by atoms with E-state index in [0.29, 0.717) is 24.8 Å². The van der Waals surface area contributed by atoms with Gasteiger partial charge < -0.3 is 15.2 Å². The van der Waals surface area contributed by atoms with Gasteiger partial charge in [-0.2, -0.15) is 13.2 Å². The van der Waals surface area contributed by atoms with E-state index in [-0.39, 0.29) is 11.5 Å². The monoisotopic (exact) mass is 456 g/mol. The fourth-order valence-electron chi connectivity index (χ4n) is 3.43. The molecule has 1 aliphatic rings. The maximum Gasteiger partial charge on any atom is 0.431 e. The van der Waals surface area contributed by atoms with Gasteiger partial charge in [-0.1, -0.05) is 20.8 Å². The average molecular weight is 457 g/mol. The predicted molar refractivity (Wildman–Crippen MR) is 115 cm³/mol. The van der Waals surface area contributed by atoms with Crippen LogP contribution in [0, 0.1) is 5.41 Å². The van der Waals surface area contributed by atoms with Gasteiger partial charge in [-0.25, -0.2) is 9.97 Å². The van der Waals surface area contributed by atoms with Gasteiger partial charge in [-0.05, 0) is 44.0 Å². The number of allylic oxidation sites excluding steroid dienone is 2. The number of alkyl halides is 3. The van der Waals surface area contributed by atoms with E-state index in [4.69, 9.17) is 9.84 Å². The molecule has 0 bridgehead atoms. The summed E-state index contributed by atoms with van der Waals surface area (Å²) in [7, 11) is -2.07. The van der Waals surface area contributed by atoms with Crippen molar-refractivity contribution >= 4 is 20.3 Å². The quantitative estimate of drug-likeness (QED) is 0.339. The largest absolute Gasteiger partial charge is 0.431 e. The minimum Gasteiger partial charge on any atom is -0.411 e. The van der Waals surface area contributed by atoms with Crippen molar-refractivity contribution in [3.63, 3.8) is 0 Å². The van der Waals surface area contributed by atoms with Gasteiger partial charge >= 0.3 is 6.18 Å². The Morgan fingerprint density at radius 3 is 2.42 bits per heavy atom. The number of Topliss-reactive ketones (excluding diaryl/α,β-unsaturated/α-hetero) is 1. The molecule has 2 N–H and O–H groups in total. The summed E-state index contributed by atoms with van der Waals surface area (Å²) in [5.41, 5.74) is -2.10. The first kappa shape index (κ1) is 25.2. The molecule has 172 valence electrons. The summed E-state index contributed by atoms with van der Waals surface area (Å²) in [4.78, 5) is 20.1. The van der Waals surface area contributed by atoms with Crippen LogP contribution in [0.1, 0.15) is 46.2 Å². The van der Waals surface area contributed by atoms with Crippen LogP contribution in [0.4, 0.5) is 13.2 Å². The van der Waals surface area contributed by atoms with Gasteiger partial charge in [0.05, 0.1) is 23.3 Å². The normalized spacial score (nSPS) is 22.9. The lowest BCUT2D eigenvalue weighted by molar-refractivity contribution is -0.117.